The van der Waals surface area contributed by atoms with E-state index in [-0.39, 0.29) is 11.3 Å². The van der Waals surface area contributed by atoms with Crippen LogP contribution in [0.3, 0.4) is 0 Å². The lowest BCUT2D eigenvalue weighted by Gasteiger charge is -2.27. The van der Waals surface area contributed by atoms with Crippen molar-refractivity contribution >= 4 is 17.4 Å². The van der Waals surface area contributed by atoms with Crippen LogP contribution in [0.1, 0.15) is 37.4 Å². The van der Waals surface area contributed by atoms with Gasteiger partial charge in [-0.25, -0.2) is 0 Å². The third-order valence-electron chi connectivity index (χ3n) is 6.08. The highest BCUT2D eigenvalue weighted by Crippen LogP contribution is 2.42. The highest BCUT2D eigenvalue weighted by molar-refractivity contribution is 6.46. The first kappa shape index (κ1) is 24.3. The van der Waals surface area contributed by atoms with Crippen LogP contribution in [-0.2, 0) is 9.59 Å². The first-order chi connectivity index (χ1) is 16.0. The Morgan fingerprint density at radius 3 is 2.42 bits per heavy atom. The van der Waals surface area contributed by atoms with Gasteiger partial charge in [-0.2, -0.15) is 0 Å². The summed E-state index contributed by atoms with van der Waals surface area (Å²) >= 11 is 0. The normalized spacial score (nSPS) is 17.6. The van der Waals surface area contributed by atoms with Crippen molar-refractivity contribution in [3.63, 3.8) is 0 Å². The van der Waals surface area contributed by atoms with Gasteiger partial charge in [0.1, 0.15) is 17.3 Å². The summed E-state index contributed by atoms with van der Waals surface area (Å²) in [6.45, 7) is 7.22. The number of hydrogen-bond donors (Lipinski definition) is 1. The van der Waals surface area contributed by atoms with Crippen molar-refractivity contribution < 1.29 is 24.2 Å². The van der Waals surface area contributed by atoms with E-state index in [0.29, 0.717) is 35.6 Å². The van der Waals surface area contributed by atoms with E-state index in [4.69, 9.17) is 9.47 Å². The number of carbonyl (C=O) groups is 2. The zero-order valence-electron chi connectivity index (χ0n) is 19.7. The maximum atomic E-state index is 13.2. The largest absolute Gasteiger partial charge is 0.507 e. The molecule has 2 aromatic carbocycles. The number of rotatable bonds is 10. The Morgan fingerprint density at radius 2 is 1.76 bits per heavy atom. The molecule has 1 fully saturated rings. The van der Waals surface area contributed by atoms with Gasteiger partial charge < -0.3 is 24.4 Å². The van der Waals surface area contributed by atoms with Gasteiger partial charge in [0.2, 0.25) is 0 Å². The number of carbonyl (C=O) groups excluding carboxylic acids is 2. The number of hydrogen-bond acceptors (Lipinski definition) is 6. The van der Waals surface area contributed by atoms with Crippen LogP contribution in [0.5, 0.6) is 11.5 Å². The Kier molecular flexibility index (Phi) is 8.11. The SMILES string of the molecule is CCN(CC)CCCN1C(=O)C(=O)C(=C(O)c2cccc(OC)c2)[C@H]1c1ccccc1OC. The second-order valence-electron chi connectivity index (χ2n) is 7.85. The van der Waals surface area contributed by atoms with E-state index in [0.717, 1.165) is 19.6 Å². The summed E-state index contributed by atoms with van der Waals surface area (Å²) in [7, 11) is 3.08. The Bertz CT molecular complexity index is 1030. The molecular formula is C26H32N2O5. The topological polar surface area (TPSA) is 79.3 Å². The van der Waals surface area contributed by atoms with Crippen molar-refractivity contribution in [1.29, 1.82) is 0 Å². The number of methoxy groups -OCH3 is 2. The van der Waals surface area contributed by atoms with Gasteiger partial charge in [-0.15, -0.1) is 0 Å². The number of nitrogens with zero attached hydrogens (tertiary/aromatic N) is 2. The Labute approximate surface area is 195 Å². The zero-order chi connectivity index (χ0) is 24.0. The molecule has 1 amide bonds. The molecule has 1 heterocycles. The van der Waals surface area contributed by atoms with Crippen molar-refractivity contribution in [3.8, 4) is 11.5 Å². The Hall–Kier alpha value is -3.32. The van der Waals surface area contributed by atoms with Crippen molar-refractivity contribution in [3.05, 3.63) is 65.2 Å². The Balaban J connectivity index is 2.09. The number of ether oxygens (including phenoxy) is 2. The van der Waals surface area contributed by atoms with Gasteiger partial charge in [0, 0.05) is 17.7 Å². The quantitative estimate of drug-likeness (QED) is 0.335. The standard InChI is InChI=1S/C26H32N2O5/c1-5-27(6-2)15-10-16-28-23(20-13-7-8-14-21(20)33-4)22(25(30)26(28)31)24(29)18-11-9-12-19(17-18)32-3/h7-9,11-14,17,23,29H,5-6,10,15-16H2,1-4H3/t23-/m1/s1. The fraction of sp³-hybridized carbons (Fsp3) is 0.385. The third kappa shape index (κ3) is 5.03. The number of benzene rings is 2. The molecule has 0 aliphatic carbocycles. The van der Waals surface area contributed by atoms with Crippen LogP contribution in [0.25, 0.3) is 5.76 Å². The molecule has 2 aromatic rings. The monoisotopic (exact) mass is 452 g/mol. The van der Waals surface area contributed by atoms with Gasteiger partial charge in [0.25, 0.3) is 11.7 Å². The lowest BCUT2D eigenvalue weighted by Crippen LogP contribution is -2.33. The molecule has 1 aliphatic rings. The van der Waals surface area contributed by atoms with E-state index < -0.39 is 17.7 Å². The van der Waals surface area contributed by atoms with Crippen LogP contribution in [0, 0.1) is 0 Å². The summed E-state index contributed by atoms with van der Waals surface area (Å²) in [5, 5.41) is 11.2. The van der Waals surface area contributed by atoms with Crippen LogP contribution >= 0.6 is 0 Å². The molecule has 176 valence electrons. The van der Waals surface area contributed by atoms with E-state index >= 15 is 0 Å². The van der Waals surface area contributed by atoms with Crippen molar-refractivity contribution in [2.45, 2.75) is 26.3 Å². The van der Waals surface area contributed by atoms with Crippen LogP contribution in [-0.4, -0.2) is 67.0 Å². The molecule has 0 radical (unpaired) electrons. The molecule has 3 rings (SSSR count). The molecule has 1 aliphatic heterocycles. The fourth-order valence-electron chi connectivity index (χ4n) is 4.26. The average Bonchev–Trinajstić information content (AvgIpc) is 3.10. The fourth-order valence-corrected chi connectivity index (χ4v) is 4.26. The lowest BCUT2D eigenvalue weighted by molar-refractivity contribution is -0.140. The van der Waals surface area contributed by atoms with Crippen LogP contribution in [0.15, 0.2) is 54.1 Å². The first-order valence-electron chi connectivity index (χ1n) is 11.2. The number of para-hydroxylation sites is 1. The highest BCUT2D eigenvalue weighted by Gasteiger charge is 2.46. The van der Waals surface area contributed by atoms with Gasteiger partial charge in [-0.1, -0.05) is 44.2 Å². The minimum atomic E-state index is -0.746. The molecule has 33 heavy (non-hydrogen) atoms. The number of likely N-dealkylation sites (tertiary alicyclic amines) is 1. The van der Waals surface area contributed by atoms with Gasteiger partial charge in [-0.3, -0.25) is 9.59 Å². The second-order valence-corrected chi connectivity index (χ2v) is 7.85. The summed E-state index contributed by atoms with van der Waals surface area (Å²) < 4.78 is 10.8. The number of ketones is 1. The van der Waals surface area contributed by atoms with Gasteiger partial charge >= 0.3 is 0 Å². The predicted molar refractivity (Wildman–Crippen MR) is 127 cm³/mol. The smallest absolute Gasteiger partial charge is 0.295 e. The van der Waals surface area contributed by atoms with Crippen molar-refractivity contribution in [2.75, 3.05) is 40.4 Å². The summed E-state index contributed by atoms with van der Waals surface area (Å²) in [5.41, 5.74) is 1.13. The van der Waals surface area contributed by atoms with Crippen molar-refractivity contribution in [2.24, 2.45) is 0 Å². The number of Topliss-reactive ketones (excluding diaryl/α,β-unsaturated/α-hetero) is 1. The lowest BCUT2D eigenvalue weighted by atomic mass is 9.94. The average molecular weight is 453 g/mol. The van der Waals surface area contributed by atoms with Crippen LogP contribution in [0.2, 0.25) is 0 Å². The van der Waals surface area contributed by atoms with E-state index in [1.54, 1.807) is 42.3 Å². The minimum absolute atomic E-state index is 0.0561. The maximum Gasteiger partial charge on any atom is 0.295 e. The minimum Gasteiger partial charge on any atom is -0.507 e. The molecule has 0 saturated carbocycles. The predicted octanol–water partition coefficient (Wildman–Crippen LogP) is 3.86. The second kappa shape index (κ2) is 11.0. The summed E-state index contributed by atoms with van der Waals surface area (Å²) in [5.74, 6) is -0.450. The van der Waals surface area contributed by atoms with Gasteiger partial charge in [0.05, 0.1) is 25.8 Å². The van der Waals surface area contributed by atoms with E-state index in [1.807, 2.05) is 18.2 Å². The summed E-state index contributed by atoms with van der Waals surface area (Å²) in [4.78, 5) is 30.1. The molecule has 0 unspecified atom stereocenters. The first-order valence-corrected chi connectivity index (χ1v) is 11.2. The molecule has 0 spiro atoms. The summed E-state index contributed by atoms with van der Waals surface area (Å²) in [6.07, 6.45) is 0.708. The Morgan fingerprint density at radius 1 is 1.03 bits per heavy atom. The van der Waals surface area contributed by atoms with Crippen molar-refractivity contribution in [1.82, 2.24) is 9.80 Å². The molecule has 1 N–H and O–H groups in total. The number of aliphatic hydroxyl groups excluding tert-OH is 1. The molecule has 1 saturated heterocycles. The molecule has 0 bridgehead atoms. The molecule has 0 aromatic heterocycles. The molecular weight excluding hydrogens is 420 g/mol. The van der Waals surface area contributed by atoms with Crippen LogP contribution in [0.4, 0.5) is 0 Å². The third-order valence-corrected chi connectivity index (χ3v) is 6.08. The zero-order valence-corrected chi connectivity index (χ0v) is 19.7. The van der Waals surface area contributed by atoms with E-state index in [2.05, 4.69) is 18.7 Å². The van der Waals surface area contributed by atoms with E-state index in [1.165, 1.54) is 7.11 Å². The molecule has 7 heteroatoms. The van der Waals surface area contributed by atoms with Gasteiger partial charge in [0.15, 0.2) is 0 Å². The summed E-state index contributed by atoms with van der Waals surface area (Å²) in [6, 6.07) is 13.3. The molecule has 1 atom stereocenters. The molecule has 7 nitrogen and oxygen atoms in total. The number of amides is 1. The number of aliphatic hydroxyl groups is 1. The van der Waals surface area contributed by atoms with Crippen LogP contribution < -0.4 is 9.47 Å². The highest BCUT2D eigenvalue weighted by atomic mass is 16.5. The van der Waals surface area contributed by atoms with E-state index in [9.17, 15) is 14.7 Å². The van der Waals surface area contributed by atoms with Gasteiger partial charge in [-0.05, 0) is 44.3 Å². The maximum absolute atomic E-state index is 13.2.